The van der Waals surface area contributed by atoms with Crippen molar-refractivity contribution in [2.24, 2.45) is 0 Å². The second-order valence-corrected chi connectivity index (χ2v) is 5.71. The number of Topliss-reactive ketones (excluding diaryl/α,β-unsaturated/α-hetero) is 1. The Labute approximate surface area is 126 Å². The van der Waals surface area contributed by atoms with Gasteiger partial charge < -0.3 is 4.98 Å². The van der Waals surface area contributed by atoms with Crippen molar-refractivity contribution in [2.75, 3.05) is 0 Å². The number of nitrogens with one attached hydrogen (secondary N) is 1. The van der Waals surface area contributed by atoms with Crippen molar-refractivity contribution in [1.29, 1.82) is 0 Å². The van der Waals surface area contributed by atoms with E-state index in [0.29, 0.717) is 24.5 Å². The van der Waals surface area contributed by atoms with Crippen molar-refractivity contribution in [2.45, 2.75) is 43.4 Å². The highest BCUT2D eigenvalue weighted by Gasteiger charge is 2.10. The van der Waals surface area contributed by atoms with Crippen molar-refractivity contribution < 1.29 is 4.79 Å². The van der Waals surface area contributed by atoms with Gasteiger partial charge in [0.25, 0.3) is 0 Å². The van der Waals surface area contributed by atoms with E-state index in [-0.39, 0.29) is 0 Å². The van der Waals surface area contributed by atoms with Crippen LogP contribution in [-0.4, -0.2) is 10.8 Å². The first-order chi connectivity index (χ1) is 9.66. The zero-order chi connectivity index (χ0) is 14.4. The summed E-state index contributed by atoms with van der Waals surface area (Å²) in [5.41, 5.74) is 2.36. The van der Waals surface area contributed by atoms with Crippen molar-refractivity contribution >= 4 is 18.4 Å². The molecule has 0 aliphatic rings. The fourth-order valence-electron chi connectivity index (χ4n) is 2.31. The fraction of sp³-hybridized carbons (Fsp3) is 0.353. The van der Waals surface area contributed by atoms with Crippen molar-refractivity contribution in [1.82, 2.24) is 4.98 Å². The van der Waals surface area contributed by atoms with Crippen LogP contribution in [0.1, 0.15) is 43.4 Å². The first kappa shape index (κ1) is 14.9. The minimum absolute atomic E-state index is 0.329. The molecule has 2 aromatic rings. The molecule has 2 nitrogen and oxygen atoms in total. The van der Waals surface area contributed by atoms with Crippen LogP contribution >= 0.6 is 12.6 Å². The van der Waals surface area contributed by atoms with Gasteiger partial charge in [0, 0.05) is 29.6 Å². The summed E-state index contributed by atoms with van der Waals surface area (Å²) in [5, 5.41) is 0. The van der Waals surface area contributed by atoms with Gasteiger partial charge in [0.15, 0.2) is 0 Å². The number of aromatic nitrogens is 1. The first-order valence-electron chi connectivity index (χ1n) is 7.08. The molecule has 0 saturated carbocycles. The number of rotatable bonds is 7. The van der Waals surface area contributed by atoms with Gasteiger partial charge in [-0.2, -0.15) is 0 Å². The molecule has 0 amide bonds. The maximum absolute atomic E-state index is 11.9. The zero-order valence-electron chi connectivity index (χ0n) is 11.8. The largest absolute Gasteiger partial charge is 0.364 e. The normalized spacial score (nSPS) is 12.3. The van der Waals surface area contributed by atoms with Crippen LogP contribution in [0.3, 0.4) is 0 Å². The number of hydrogen-bond donors (Lipinski definition) is 2. The summed E-state index contributed by atoms with van der Waals surface area (Å²) in [6, 6.07) is 12.3. The Morgan fingerprint density at radius 3 is 2.60 bits per heavy atom. The summed E-state index contributed by atoms with van der Waals surface area (Å²) in [7, 11) is 0. The number of ketones is 1. The molecule has 3 heteroatoms. The third-order valence-electron chi connectivity index (χ3n) is 3.69. The van der Waals surface area contributed by atoms with E-state index in [4.69, 9.17) is 0 Å². The summed E-state index contributed by atoms with van der Waals surface area (Å²) in [4.78, 5) is 16.0. The van der Waals surface area contributed by atoms with Crippen LogP contribution in [0.5, 0.6) is 0 Å². The third-order valence-corrected chi connectivity index (χ3v) is 4.11. The minimum atomic E-state index is 0.329. The summed E-state index contributed by atoms with van der Waals surface area (Å²) < 4.78 is 0. The number of H-pyrrole nitrogens is 1. The summed E-state index contributed by atoms with van der Waals surface area (Å²) >= 11 is 4.34. The first-order valence-corrected chi connectivity index (χ1v) is 7.53. The molecule has 1 N–H and O–H groups in total. The number of aromatic amines is 1. The standard InChI is InChI=1S/C17H21NOS/c1-13(14-5-3-2-4-6-14)7-8-15(19)9-10-16-17(20)11-12-18-16/h2-6,11-13,18,20H,7-10H2,1H3. The Morgan fingerprint density at radius 1 is 1.20 bits per heavy atom. The quantitative estimate of drug-likeness (QED) is 0.727. The van der Waals surface area contributed by atoms with Gasteiger partial charge in [0.1, 0.15) is 5.78 Å². The van der Waals surface area contributed by atoms with E-state index in [1.807, 2.05) is 30.5 Å². The van der Waals surface area contributed by atoms with Gasteiger partial charge in [-0.15, -0.1) is 12.6 Å². The Bertz CT molecular complexity index is 547. The highest BCUT2D eigenvalue weighted by molar-refractivity contribution is 7.80. The SMILES string of the molecule is CC(CCC(=O)CCc1[nH]ccc1S)c1ccccc1. The van der Waals surface area contributed by atoms with Gasteiger partial charge in [-0.3, -0.25) is 4.79 Å². The van der Waals surface area contributed by atoms with Crippen LogP contribution in [0.15, 0.2) is 47.5 Å². The van der Waals surface area contributed by atoms with Gasteiger partial charge in [-0.1, -0.05) is 37.3 Å². The fourth-order valence-corrected chi connectivity index (χ4v) is 2.56. The maximum Gasteiger partial charge on any atom is 0.133 e. The van der Waals surface area contributed by atoms with E-state index in [0.717, 1.165) is 23.4 Å². The van der Waals surface area contributed by atoms with Crippen LogP contribution < -0.4 is 0 Å². The molecular weight excluding hydrogens is 266 g/mol. The molecule has 0 radical (unpaired) electrons. The molecule has 20 heavy (non-hydrogen) atoms. The smallest absolute Gasteiger partial charge is 0.133 e. The van der Waals surface area contributed by atoms with Crippen LogP contribution in [0.4, 0.5) is 0 Å². The molecule has 1 unspecified atom stereocenters. The lowest BCUT2D eigenvalue weighted by molar-refractivity contribution is -0.119. The molecule has 1 aromatic heterocycles. The zero-order valence-corrected chi connectivity index (χ0v) is 12.7. The van der Waals surface area contributed by atoms with E-state index in [9.17, 15) is 4.79 Å². The number of benzene rings is 1. The second kappa shape index (κ2) is 7.34. The molecule has 0 aliphatic carbocycles. The predicted octanol–water partition coefficient (Wildman–Crippen LogP) is 4.39. The Morgan fingerprint density at radius 2 is 1.95 bits per heavy atom. The number of carbonyl (C=O) groups excluding carboxylic acids is 1. The van der Waals surface area contributed by atoms with Gasteiger partial charge in [0.2, 0.25) is 0 Å². The van der Waals surface area contributed by atoms with Gasteiger partial charge in [-0.05, 0) is 30.4 Å². The Hall–Kier alpha value is -1.48. The van der Waals surface area contributed by atoms with E-state index in [2.05, 4.69) is 36.7 Å². The van der Waals surface area contributed by atoms with Crippen LogP contribution in [-0.2, 0) is 11.2 Å². The molecule has 1 heterocycles. The molecule has 0 spiro atoms. The minimum Gasteiger partial charge on any atom is -0.364 e. The topological polar surface area (TPSA) is 32.9 Å². The van der Waals surface area contributed by atoms with Crippen LogP contribution in [0.25, 0.3) is 0 Å². The van der Waals surface area contributed by atoms with Crippen LogP contribution in [0, 0.1) is 0 Å². The average Bonchev–Trinajstić information content (AvgIpc) is 2.89. The summed E-state index contributed by atoms with van der Waals surface area (Å²) in [6.07, 6.45) is 4.78. The van der Waals surface area contributed by atoms with E-state index >= 15 is 0 Å². The number of aryl methyl sites for hydroxylation is 1. The molecule has 0 aliphatic heterocycles. The van der Waals surface area contributed by atoms with Crippen molar-refractivity contribution in [3.05, 3.63) is 53.9 Å². The van der Waals surface area contributed by atoms with Crippen LogP contribution in [0.2, 0.25) is 0 Å². The van der Waals surface area contributed by atoms with Gasteiger partial charge in [0.05, 0.1) is 0 Å². The highest BCUT2D eigenvalue weighted by Crippen LogP contribution is 2.21. The summed E-state index contributed by atoms with van der Waals surface area (Å²) in [5.74, 6) is 0.765. The van der Waals surface area contributed by atoms with E-state index in [1.54, 1.807) is 0 Å². The lowest BCUT2D eigenvalue weighted by atomic mass is 9.94. The molecule has 1 atom stereocenters. The number of carbonyl (C=O) groups is 1. The molecule has 106 valence electrons. The van der Waals surface area contributed by atoms with E-state index < -0.39 is 0 Å². The number of thiol groups is 1. The third kappa shape index (κ3) is 4.27. The second-order valence-electron chi connectivity index (χ2n) is 5.23. The van der Waals surface area contributed by atoms with Gasteiger partial charge in [-0.25, -0.2) is 0 Å². The molecule has 0 fully saturated rings. The van der Waals surface area contributed by atoms with Crippen molar-refractivity contribution in [3.63, 3.8) is 0 Å². The Kier molecular flexibility index (Phi) is 5.48. The van der Waals surface area contributed by atoms with E-state index in [1.165, 1.54) is 5.56 Å². The monoisotopic (exact) mass is 287 g/mol. The van der Waals surface area contributed by atoms with Gasteiger partial charge >= 0.3 is 0 Å². The Balaban J connectivity index is 1.74. The number of hydrogen-bond acceptors (Lipinski definition) is 2. The lowest BCUT2D eigenvalue weighted by Gasteiger charge is -2.11. The average molecular weight is 287 g/mol. The molecule has 2 rings (SSSR count). The molecule has 0 saturated heterocycles. The molecule has 1 aromatic carbocycles. The lowest BCUT2D eigenvalue weighted by Crippen LogP contribution is -2.03. The highest BCUT2D eigenvalue weighted by atomic mass is 32.1. The van der Waals surface area contributed by atoms with Crippen molar-refractivity contribution in [3.8, 4) is 0 Å². The summed E-state index contributed by atoms with van der Waals surface area (Å²) in [6.45, 7) is 2.18. The maximum atomic E-state index is 11.9. The predicted molar refractivity (Wildman–Crippen MR) is 85.5 cm³/mol. The molecule has 0 bridgehead atoms. The molecular formula is C17H21NOS.